The van der Waals surface area contributed by atoms with E-state index in [9.17, 15) is 19.8 Å². The summed E-state index contributed by atoms with van der Waals surface area (Å²) in [5, 5.41) is 19.3. The zero-order valence-electron chi connectivity index (χ0n) is 15.1. The number of hydrogen-bond acceptors (Lipinski definition) is 3. The zero-order valence-corrected chi connectivity index (χ0v) is 15.1. The third-order valence-corrected chi connectivity index (χ3v) is 4.96. The summed E-state index contributed by atoms with van der Waals surface area (Å²) in [5.74, 6) is -2.46. The molecular weight excluding hydrogens is 332 g/mol. The lowest BCUT2D eigenvalue weighted by Crippen LogP contribution is -2.22. The van der Waals surface area contributed by atoms with Crippen molar-refractivity contribution in [2.45, 2.75) is 39.9 Å². The Bertz CT molecular complexity index is 868. The minimum Gasteiger partial charge on any atom is -0.478 e. The lowest BCUT2D eigenvalue weighted by atomic mass is 9.86. The number of rotatable bonds is 5. The largest absolute Gasteiger partial charge is 0.478 e. The maximum absolute atomic E-state index is 12.0. The minimum atomic E-state index is -1.23. The molecule has 0 heterocycles. The summed E-state index contributed by atoms with van der Waals surface area (Å²) in [5.41, 5.74) is 2.19. The number of benzene rings is 2. The number of fused-ring (bicyclic) bond motifs is 1. The topological polar surface area (TPSA) is 83.8 Å². The Hall–Kier alpha value is -2.66. The average Bonchev–Trinajstić information content (AvgIpc) is 2.81. The first-order chi connectivity index (χ1) is 12.2. The maximum atomic E-state index is 12.0. The highest BCUT2D eigenvalue weighted by Crippen LogP contribution is 2.50. The molecule has 136 valence electrons. The third kappa shape index (κ3) is 3.10. The van der Waals surface area contributed by atoms with Crippen LogP contribution in [0.3, 0.4) is 0 Å². The summed E-state index contributed by atoms with van der Waals surface area (Å²) in [7, 11) is 0. The van der Waals surface area contributed by atoms with Gasteiger partial charge >= 0.3 is 11.9 Å². The predicted octanol–water partition coefficient (Wildman–Crippen LogP) is 4.23. The van der Waals surface area contributed by atoms with Gasteiger partial charge in [0.25, 0.3) is 0 Å². The van der Waals surface area contributed by atoms with Gasteiger partial charge in [-0.3, -0.25) is 0 Å². The minimum absolute atomic E-state index is 0.142. The average molecular weight is 354 g/mol. The maximum Gasteiger partial charge on any atom is 0.336 e. The Labute approximate surface area is 152 Å². The van der Waals surface area contributed by atoms with Crippen LogP contribution >= 0.6 is 0 Å². The molecule has 0 amide bonds. The number of hydrogen-bond donors (Lipinski definition) is 2. The summed E-state index contributed by atoms with van der Waals surface area (Å²) in [6.45, 7) is 6.01. The molecule has 1 atom stereocenters. The third-order valence-electron chi connectivity index (χ3n) is 4.96. The van der Waals surface area contributed by atoms with Crippen molar-refractivity contribution in [1.82, 2.24) is 0 Å². The standard InChI is InChI=1S/C21H22O5/c1-12-9-14-10-21(2,3)18(26-11-13-7-5-4-6-8-13)16(14)17(20(24)25)15(12)19(22)23/h4-9,18H,10-11H2,1-3H3,(H,22,23)(H,24,25)/t18-/m0/s1. The van der Waals surface area contributed by atoms with E-state index in [1.807, 2.05) is 44.2 Å². The number of carbonyl (C=O) groups is 2. The molecule has 5 nitrogen and oxygen atoms in total. The Kier molecular flexibility index (Phi) is 4.59. The molecule has 0 saturated heterocycles. The van der Waals surface area contributed by atoms with E-state index in [2.05, 4.69) is 0 Å². The first-order valence-corrected chi connectivity index (χ1v) is 8.51. The zero-order chi connectivity index (χ0) is 19.1. The predicted molar refractivity (Wildman–Crippen MR) is 96.6 cm³/mol. The molecule has 1 aliphatic rings. The molecule has 0 saturated carbocycles. The van der Waals surface area contributed by atoms with Gasteiger partial charge in [0.05, 0.1) is 23.8 Å². The van der Waals surface area contributed by atoms with Crippen LogP contribution in [0.1, 0.15) is 62.9 Å². The summed E-state index contributed by atoms with van der Waals surface area (Å²) in [6, 6.07) is 11.4. The molecule has 0 unspecified atom stereocenters. The molecule has 0 aromatic heterocycles. The van der Waals surface area contributed by atoms with Crippen molar-refractivity contribution < 1.29 is 24.5 Å². The fraction of sp³-hybridized carbons (Fsp3) is 0.333. The van der Waals surface area contributed by atoms with Gasteiger partial charge in [0.2, 0.25) is 0 Å². The van der Waals surface area contributed by atoms with Gasteiger partial charge in [0.15, 0.2) is 0 Å². The molecule has 26 heavy (non-hydrogen) atoms. The van der Waals surface area contributed by atoms with Crippen LogP contribution in [0.2, 0.25) is 0 Å². The van der Waals surface area contributed by atoms with Crippen LogP contribution in [0.25, 0.3) is 0 Å². The smallest absolute Gasteiger partial charge is 0.336 e. The van der Waals surface area contributed by atoms with Crippen molar-refractivity contribution in [3.8, 4) is 0 Å². The molecule has 1 aliphatic carbocycles. The number of carboxylic acid groups (broad SMARTS) is 2. The molecule has 2 N–H and O–H groups in total. The molecule has 0 spiro atoms. The summed E-state index contributed by atoms with van der Waals surface area (Å²) in [6.07, 6.45) is 0.158. The van der Waals surface area contributed by atoms with E-state index >= 15 is 0 Å². The Morgan fingerprint density at radius 3 is 2.31 bits per heavy atom. The quantitative estimate of drug-likeness (QED) is 0.839. The lowest BCUT2D eigenvalue weighted by Gasteiger charge is -2.28. The highest BCUT2D eigenvalue weighted by atomic mass is 16.5. The number of ether oxygens (including phenoxy) is 1. The van der Waals surface area contributed by atoms with Gasteiger partial charge in [-0.05, 0) is 41.0 Å². The van der Waals surface area contributed by atoms with Crippen molar-refractivity contribution in [2.75, 3.05) is 0 Å². The second kappa shape index (κ2) is 6.57. The first kappa shape index (κ1) is 18.1. The molecule has 0 aliphatic heterocycles. The fourth-order valence-corrected chi connectivity index (χ4v) is 3.88. The van der Waals surface area contributed by atoms with E-state index in [4.69, 9.17) is 4.74 Å². The number of aryl methyl sites for hydroxylation is 1. The van der Waals surface area contributed by atoms with Gasteiger partial charge in [-0.15, -0.1) is 0 Å². The molecule has 3 rings (SSSR count). The van der Waals surface area contributed by atoms with Gasteiger partial charge in [0, 0.05) is 0 Å². The highest BCUT2D eigenvalue weighted by molar-refractivity contribution is 6.04. The molecule has 0 radical (unpaired) electrons. The fourth-order valence-electron chi connectivity index (χ4n) is 3.88. The number of carboxylic acids is 2. The molecular formula is C21H22O5. The molecule has 2 aromatic rings. The Balaban J connectivity index is 2.09. The summed E-state index contributed by atoms with van der Waals surface area (Å²) >= 11 is 0. The summed E-state index contributed by atoms with van der Waals surface area (Å²) in [4.78, 5) is 23.6. The first-order valence-electron chi connectivity index (χ1n) is 8.51. The van der Waals surface area contributed by atoms with Crippen LogP contribution in [0.5, 0.6) is 0 Å². The number of aromatic carboxylic acids is 2. The second-order valence-corrected chi connectivity index (χ2v) is 7.47. The van der Waals surface area contributed by atoms with Gasteiger partial charge in [-0.2, -0.15) is 0 Å². The van der Waals surface area contributed by atoms with E-state index in [1.165, 1.54) is 0 Å². The van der Waals surface area contributed by atoms with Crippen molar-refractivity contribution in [3.63, 3.8) is 0 Å². The van der Waals surface area contributed by atoms with Crippen LogP contribution in [0, 0.1) is 12.3 Å². The van der Waals surface area contributed by atoms with Crippen molar-refractivity contribution in [3.05, 3.63) is 69.8 Å². The molecule has 2 aromatic carbocycles. The monoisotopic (exact) mass is 354 g/mol. The van der Waals surface area contributed by atoms with Crippen LogP contribution in [0.4, 0.5) is 0 Å². The molecule has 0 fully saturated rings. The van der Waals surface area contributed by atoms with Crippen LogP contribution in [-0.2, 0) is 17.8 Å². The van der Waals surface area contributed by atoms with Crippen molar-refractivity contribution >= 4 is 11.9 Å². The molecule has 0 bridgehead atoms. The van der Waals surface area contributed by atoms with E-state index in [1.54, 1.807) is 13.0 Å². The van der Waals surface area contributed by atoms with E-state index in [0.717, 1.165) is 11.1 Å². The summed E-state index contributed by atoms with van der Waals surface area (Å²) < 4.78 is 6.14. The van der Waals surface area contributed by atoms with Crippen LogP contribution in [0.15, 0.2) is 36.4 Å². The lowest BCUT2D eigenvalue weighted by molar-refractivity contribution is -0.0274. The second-order valence-electron chi connectivity index (χ2n) is 7.47. The van der Waals surface area contributed by atoms with Crippen LogP contribution < -0.4 is 0 Å². The van der Waals surface area contributed by atoms with Crippen LogP contribution in [-0.4, -0.2) is 22.2 Å². The van der Waals surface area contributed by atoms with Gasteiger partial charge in [-0.1, -0.05) is 50.2 Å². The molecule has 5 heteroatoms. The van der Waals surface area contributed by atoms with E-state index in [0.29, 0.717) is 24.2 Å². The SMILES string of the molecule is Cc1cc2c(c(C(=O)O)c1C(=O)O)[C@H](OCc1ccccc1)C(C)(C)C2. The van der Waals surface area contributed by atoms with E-state index < -0.39 is 18.0 Å². The van der Waals surface area contributed by atoms with E-state index in [-0.39, 0.29) is 16.5 Å². The Morgan fingerprint density at radius 1 is 1.12 bits per heavy atom. The van der Waals surface area contributed by atoms with Gasteiger partial charge in [-0.25, -0.2) is 9.59 Å². The van der Waals surface area contributed by atoms with Crippen molar-refractivity contribution in [2.24, 2.45) is 5.41 Å². The Morgan fingerprint density at radius 2 is 1.73 bits per heavy atom. The highest BCUT2D eigenvalue weighted by Gasteiger charge is 2.44. The van der Waals surface area contributed by atoms with Gasteiger partial charge < -0.3 is 14.9 Å². The van der Waals surface area contributed by atoms with Crippen molar-refractivity contribution in [1.29, 1.82) is 0 Å². The van der Waals surface area contributed by atoms with Gasteiger partial charge in [0.1, 0.15) is 0 Å². The normalized spacial score (nSPS) is 17.7.